The monoisotopic (exact) mass is 348 g/mol. The number of oxime groups is 1. The summed E-state index contributed by atoms with van der Waals surface area (Å²) in [5.74, 6) is -0.257. The summed E-state index contributed by atoms with van der Waals surface area (Å²) in [5, 5.41) is 14.4. The molecule has 1 aromatic carbocycles. The van der Waals surface area contributed by atoms with Crippen molar-refractivity contribution in [2.45, 2.75) is 6.54 Å². The standard InChI is InChI=1S/C14H13BrN4O2/c15-11-5-2-6-17-12(11)14(20)18-8-9-3-1-4-10(7-9)13(16)19-21/h1-7,21H,8H2,(H2,16,19)(H,18,20). The number of carbonyl (C=O) groups excluding carboxylic acids is 1. The van der Waals surface area contributed by atoms with Crippen molar-refractivity contribution in [2.24, 2.45) is 10.9 Å². The average molecular weight is 349 g/mol. The number of pyridine rings is 1. The van der Waals surface area contributed by atoms with Gasteiger partial charge in [0.2, 0.25) is 0 Å². The highest BCUT2D eigenvalue weighted by Gasteiger charge is 2.10. The van der Waals surface area contributed by atoms with Crippen LogP contribution in [0.5, 0.6) is 0 Å². The molecule has 0 fully saturated rings. The topological polar surface area (TPSA) is 101 Å². The minimum Gasteiger partial charge on any atom is -0.409 e. The van der Waals surface area contributed by atoms with Crippen LogP contribution in [0, 0.1) is 0 Å². The van der Waals surface area contributed by atoms with Crippen molar-refractivity contribution in [2.75, 3.05) is 0 Å². The summed E-state index contributed by atoms with van der Waals surface area (Å²) in [6.45, 7) is 0.314. The largest absolute Gasteiger partial charge is 0.409 e. The number of rotatable bonds is 4. The lowest BCUT2D eigenvalue weighted by Gasteiger charge is -2.07. The van der Waals surface area contributed by atoms with Crippen molar-refractivity contribution in [3.8, 4) is 0 Å². The van der Waals surface area contributed by atoms with Gasteiger partial charge in [-0.2, -0.15) is 0 Å². The molecule has 2 aromatic rings. The van der Waals surface area contributed by atoms with Gasteiger partial charge in [-0.1, -0.05) is 23.4 Å². The van der Waals surface area contributed by atoms with Gasteiger partial charge in [-0.05, 0) is 39.7 Å². The molecule has 0 unspecified atom stereocenters. The fourth-order valence-corrected chi connectivity index (χ4v) is 2.15. The second-order valence-electron chi connectivity index (χ2n) is 4.20. The SMILES string of the molecule is N/C(=N/O)c1cccc(CNC(=O)c2ncccc2Br)c1. The van der Waals surface area contributed by atoms with Gasteiger partial charge >= 0.3 is 0 Å². The molecule has 0 spiro atoms. The predicted octanol–water partition coefficient (Wildman–Crippen LogP) is 1.87. The Labute approximate surface area is 129 Å². The summed E-state index contributed by atoms with van der Waals surface area (Å²) in [6, 6.07) is 10.5. The average Bonchev–Trinajstić information content (AvgIpc) is 2.52. The number of halogens is 1. The Balaban J connectivity index is 2.07. The highest BCUT2D eigenvalue weighted by atomic mass is 79.9. The quantitative estimate of drug-likeness (QED) is 0.339. The summed E-state index contributed by atoms with van der Waals surface area (Å²) in [7, 11) is 0. The molecule has 0 saturated heterocycles. The number of nitrogens with two attached hydrogens (primary N) is 1. The zero-order valence-electron chi connectivity index (χ0n) is 11.0. The molecule has 1 amide bonds. The molecule has 0 saturated carbocycles. The van der Waals surface area contributed by atoms with Crippen LogP contribution in [0.15, 0.2) is 52.2 Å². The van der Waals surface area contributed by atoms with Gasteiger partial charge in [0.25, 0.3) is 5.91 Å². The van der Waals surface area contributed by atoms with Gasteiger partial charge < -0.3 is 16.3 Å². The van der Waals surface area contributed by atoms with Crippen LogP contribution in [0.2, 0.25) is 0 Å². The van der Waals surface area contributed by atoms with Crippen LogP contribution in [-0.4, -0.2) is 21.9 Å². The van der Waals surface area contributed by atoms with Crippen molar-refractivity contribution in [3.05, 3.63) is 63.9 Å². The maximum absolute atomic E-state index is 12.0. The van der Waals surface area contributed by atoms with Gasteiger partial charge in [0.05, 0.1) is 0 Å². The Morgan fingerprint density at radius 1 is 1.38 bits per heavy atom. The fourth-order valence-electron chi connectivity index (χ4n) is 1.72. The lowest BCUT2D eigenvalue weighted by Crippen LogP contribution is -2.24. The molecule has 0 radical (unpaired) electrons. The third-order valence-electron chi connectivity index (χ3n) is 2.76. The van der Waals surface area contributed by atoms with Gasteiger partial charge in [-0.3, -0.25) is 4.79 Å². The lowest BCUT2D eigenvalue weighted by molar-refractivity contribution is 0.0945. The molecular weight excluding hydrogens is 336 g/mol. The second-order valence-corrected chi connectivity index (χ2v) is 5.06. The molecule has 0 atom stereocenters. The first kappa shape index (κ1) is 15.0. The molecule has 6 nitrogen and oxygen atoms in total. The van der Waals surface area contributed by atoms with Crippen molar-refractivity contribution >= 4 is 27.7 Å². The highest BCUT2D eigenvalue weighted by molar-refractivity contribution is 9.10. The number of amidine groups is 1. The minimum atomic E-state index is -0.281. The number of hydrogen-bond donors (Lipinski definition) is 3. The molecule has 1 aromatic heterocycles. The van der Waals surface area contributed by atoms with Crippen LogP contribution < -0.4 is 11.1 Å². The van der Waals surface area contributed by atoms with E-state index < -0.39 is 0 Å². The van der Waals surface area contributed by atoms with Crippen LogP contribution in [0.1, 0.15) is 21.6 Å². The number of nitrogens with one attached hydrogen (secondary N) is 1. The summed E-state index contributed by atoms with van der Waals surface area (Å²) >= 11 is 3.28. The molecule has 2 rings (SSSR count). The zero-order chi connectivity index (χ0) is 15.2. The number of nitrogens with zero attached hydrogens (tertiary/aromatic N) is 2. The number of aromatic nitrogens is 1. The van der Waals surface area contributed by atoms with Gasteiger partial charge in [0, 0.05) is 22.8 Å². The van der Waals surface area contributed by atoms with Crippen LogP contribution in [0.4, 0.5) is 0 Å². The zero-order valence-corrected chi connectivity index (χ0v) is 12.5. The molecule has 7 heteroatoms. The van der Waals surface area contributed by atoms with E-state index in [1.165, 1.54) is 0 Å². The van der Waals surface area contributed by atoms with E-state index in [1.807, 2.05) is 6.07 Å². The Morgan fingerprint density at radius 2 is 2.19 bits per heavy atom. The molecule has 0 aliphatic carbocycles. The third kappa shape index (κ3) is 3.79. The molecule has 0 bridgehead atoms. The summed E-state index contributed by atoms with van der Waals surface area (Å²) < 4.78 is 0.632. The molecule has 108 valence electrons. The van der Waals surface area contributed by atoms with Gasteiger partial charge in [0.15, 0.2) is 5.84 Å². The smallest absolute Gasteiger partial charge is 0.271 e. The van der Waals surface area contributed by atoms with Crippen LogP contribution >= 0.6 is 15.9 Å². The normalized spacial score (nSPS) is 11.2. The number of carbonyl (C=O) groups is 1. The fraction of sp³-hybridized carbons (Fsp3) is 0.0714. The Bertz CT molecular complexity index is 688. The summed E-state index contributed by atoms with van der Waals surface area (Å²) in [6.07, 6.45) is 1.55. The first-order valence-electron chi connectivity index (χ1n) is 6.07. The van der Waals surface area contributed by atoms with Crippen molar-refractivity contribution in [1.29, 1.82) is 0 Å². The van der Waals surface area contributed by atoms with Crippen LogP contribution in [0.25, 0.3) is 0 Å². The van der Waals surface area contributed by atoms with Crippen LogP contribution in [0.3, 0.4) is 0 Å². The summed E-state index contributed by atoms with van der Waals surface area (Å²) in [5.41, 5.74) is 7.27. The third-order valence-corrected chi connectivity index (χ3v) is 3.40. The molecule has 0 aliphatic heterocycles. The molecular formula is C14H13BrN4O2. The van der Waals surface area contributed by atoms with E-state index in [2.05, 4.69) is 31.4 Å². The van der Waals surface area contributed by atoms with Crippen molar-refractivity contribution in [3.63, 3.8) is 0 Å². The first-order valence-corrected chi connectivity index (χ1v) is 6.86. The van der Waals surface area contributed by atoms with Gasteiger partial charge in [-0.15, -0.1) is 0 Å². The van der Waals surface area contributed by atoms with E-state index in [1.54, 1.807) is 36.5 Å². The number of hydrogen-bond acceptors (Lipinski definition) is 4. The van der Waals surface area contributed by atoms with E-state index >= 15 is 0 Å². The lowest BCUT2D eigenvalue weighted by atomic mass is 10.1. The predicted molar refractivity (Wildman–Crippen MR) is 82.1 cm³/mol. The van der Waals surface area contributed by atoms with Crippen LogP contribution in [-0.2, 0) is 6.54 Å². The van der Waals surface area contributed by atoms with E-state index in [0.29, 0.717) is 22.3 Å². The second kappa shape index (κ2) is 6.85. The number of amides is 1. The van der Waals surface area contributed by atoms with Crippen molar-refractivity contribution < 1.29 is 10.0 Å². The van der Waals surface area contributed by atoms with E-state index in [9.17, 15) is 4.79 Å². The van der Waals surface area contributed by atoms with E-state index in [-0.39, 0.29) is 11.7 Å². The van der Waals surface area contributed by atoms with Gasteiger partial charge in [0.1, 0.15) is 5.69 Å². The molecule has 4 N–H and O–H groups in total. The van der Waals surface area contributed by atoms with Gasteiger partial charge in [-0.25, -0.2) is 4.98 Å². The van der Waals surface area contributed by atoms with Crippen molar-refractivity contribution in [1.82, 2.24) is 10.3 Å². The maximum Gasteiger partial charge on any atom is 0.271 e. The van der Waals surface area contributed by atoms with E-state index in [4.69, 9.17) is 10.9 Å². The molecule has 21 heavy (non-hydrogen) atoms. The Hall–Kier alpha value is -2.41. The highest BCUT2D eigenvalue weighted by Crippen LogP contribution is 2.13. The Kier molecular flexibility index (Phi) is 4.89. The summed E-state index contributed by atoms with van der Waals surface area (Å²) in [4.78, 5) is 16.0. The molecule has 0 aliphatic rings. The molecule has 1 heterocycles. The van der Waals surface area contributed by atoms with E-state index in [0.717, 1.165) is 5.56 Å². The maximum atomic E-state index is 12.0. The number of benzene rings is 1. The Morgan fingerprint density at radius 3 is 2.90 bits per heavy atom. The minimum absolute atomic E-state index is 0.0237. The first-order chi connectivity index (χ1) is 10.1.